The van der Waals surface area contributed by atoms with Crippen molar-refractivity contribution in [2.24, 2.45) is 5.92 Å². The average molecular weight is 170 g/mol. The van der Waals surface area contributed by atoms with E-state index in [9.17, 15) is 0 Å². The third-order valence-corrected chi connectivity index (χ3v) is 3.13. The second-order valence-electron chi connectivity index (χ2n) is 4.20. The summed E-state index contributed by atoms with van der Waals surface area (Å²) in [4.78, 5) is 0. The van der Waals surface area contributed by atoms with Crippen LogP contribution >= 0.6 is 0 Å². The summed E-state index contributed by atoms with van der Waals surface area (Å²) in [5.74, 6) is 0.383. The van der Waals surface area contributed by atoms with Crippen LogP contribution in [0, 0.1) is 5.92 Å². The first kappa shape index (κ1) is 8.52. The average Bonchev–Trinajstić information content (AvgIpc) is 2.41. The summed E-state index contributed by atoms with van der Waals surface area (Å²) in [5, 5.41) is 0. The maximum absolute atomic E-state index is 5.88. The molecule has 1 saturated heterocycles. The summed E-state index contributed by atoms with van der Waals surface area (Å²) in [6.45, 7) is 5.12. The van der Waals surface area contributed by atoms with Crippen LogP contribution in [0.5, 0.6) is 0 Å². The lowest BCUT2D eigenvalue weighted by Gasteiger charge is -2.37. The largest absolute Gasteiger partial charge is 0.347 e. The van der Waals surface area contributed by atoms with Gasteiger partial charge in [-0.2, -0.15) is 0 Å². The van der Waals surface area contributed by atoms with E-state index in [-0.39, 0.29) is 5.79 Å². The number of ether oxygens (including phenoxy) is 2. The lowest BCUT2D eigenvalue weighted by atomic mass is 9.84. The normalized spacial score (nSPS) is 48.5. The Hall–Kier alpha value is -0.0800. The molecule has 0 unspecified atom stereocenters. The number of hydrogen-bond acceptors (Lipinski definition) is 2. The highest BCUT2D eigenvalue weighted by atomic mass is 16.7. The van der Waals surface area contributed by atoms with Gasteiger partial charge in [-0.1, -0.05) is 13.3 Å². The summed E-state index contributed by atoms with van der Waals surface area (Å²) in [6.07, 6.45) is 5.25. The summed E-state index contributed by atoms with van der Waals surface area (Å²) < 4.78 is 11.7. The third kappa shape index (κ3) is 1.27. The zero-order valence-corrected chi connectivity index (χ0v) is 8.01. The summed E-state index contributed by atoms with van der Waals surface area (Å²) >= 11 is 0. The van der Waals surface area contributed by atoms with Crippen LogP contribution in [0.2, 0.25) is 0 Å². The first-order valence-electron chi connectivity index (χ1n) is 5.05. The molecule has 2 aliphatic rings. The first-order chi connectivity index (χ1) is 5.73. The van der Waals surface area contributed by atoms with Gasteiger partial charge in [-0.25, -0.2) is 0 Å². The topological polar surface area (TPSA) is 18.5 Å². The van der Waals surface area contributed by atoms with Crippen LogP contribution in [-0.2, 0) is 9.47 Å². The van der Waals surface area contributed by atoms with Crippen LogP contribution in [0.15, 0.2) is 0 Å². The predicted molar refractivity (Wildman–Crippen MR) is 46.9 cm³/mol. The molecule has 1 heterocycles. The molecular weight excluding hydrogens is 152 g/mol. The fourth-order valence-electron chi connectivity index (χ4n) is 2.34. The quantitative estimate of drug-likeness (QED) is 0.555. The third-order valence-electron chi connectivity index (χ3n) is 3.13. The molecule has 0 bridgehead atoms. The fraction of sp³-hybridized carbons (Fsp3) is 1.00. The molecule has 2 nitrogen and oxygen atoms in total. The predicted octanol–water partition coefficient (Wildman–Crippen LogP) is 2.33. The molecule has 2 heteroatoms. The molecular formula is C10H18O2. The Balaban J connectivity index is 2.07. The van der Waals surface area contributed by atoms with Gasteiger partial charge in [0.2, 0.25) is 0 Å². The van der Waals surface area contributed by atoms with Crippen LogP contribution in [0.3, 0.4) is 0 Å². The van der Waals surface area contributed by atoms with E-state index in [1.807, 2.05) is 0 Å². The molecule has 0 aromatic rings. The lowest BCUT2D eigenvalue weighted by Crippen LogP contribution is -2.40. The van der Waals surface area contributed by atoms with E-state index in [0.717, 1.165) is 13.0 Å². The number of rotatable bonds is 0. The van der Waals surface area contributed by atoms with Crippen molar-refractivity contribution in [3.63, 3.8) is 0 Å². The molecule has 1 aliphatic heterocycles. The van der Waals surface area contributed by atoms with E-state index in [1.54, 1.807) is 0 Å². The van der Waals surface area contributed by atoms with Crippen LogP contribution in [0.4, 0.5) is 0 Å². The zero-order valence-electron chi connectivity index (χ0n) is 8.01. The van der Waals surface area contributed by atoms with Gasteiger partial charge in [0.25, 0.3) is 0 Å². The summed E-state index contributed by atoms with van der Waals surface area (Å²) in [6, 6.07) is 0. The Bertz CT molecular complexity index is 165. The Morgan fingerprint density at radius 2 is 2.08 bits per heavy atom. The number of hydrogen-bond donors (Lipinski definition) is 0. The van der Waals surface area contributed by atoms with Crippen molar-refractivity contribution in [3.8, 4) is 0 Å². The van der Waals surface area contributed by atoms with Crippen molar-refractivity contribution < 1.29 is 9.47 Å². The van der Waals surface area contributed by atoms with Gasteiger partial charge in [0.05, 0.1) is 12.7 Å². The van der Waals surface area contributed by atoms with Crippen LogP contribution in [0.25, 0.3) is 0 Å². The standard InChI is InChI=1S/C10H18O2/c1-8-5-3-4-6-10(8)11-7-9(2)12-10/h8-9H,3-7H2,1-2H3/t8-,9-,10-/m0/s1. The van der Waals surface area contributed by atoms with Crippen molar-refractivity contribution in [1.82, 2.24) is 0 Å². The van der Waals surface area contributed by atoms with Gasteiger partial charge in [-0.15, -0.1) is 0 Å². The highest BCUT2D eigenvalue weighted by Crippen LogP contribution is 2.41. The van der Waals surface area contributed by atoms with E-state index < -0.39 is 0 Å². The molecule has 0 aromatic carbocycles. The van der Waals surface area contributed by atoms with Crippen molar-refractivity contribution in [2.45, 2.75) is 51.4 Å². The maximum atomic E-state index is 5.88. The van der Waals surface area contributed by atoms with Crippen LogP contribution < -0.4 is 0 Å². The molecule has 0 amide bonds. The molecule has 1 spiro atoms. The van der Waals surface area contributed by atoms with Crippen molar-refractivity contribution in [2.75, 3.05) is 6.61 Å². The summed E-state index contributed by atoms with van der Waals surface area (Å²) in [7, 11) is 0. The molecule has 0 N–H and O–H groups in total. The van der Waals surface area contributed by atoms with E-state index in [4.69, 9.17) is 9.47 Å². The Morgan fingerprint density at radius 1 is 1.25 bits per heavy atom. The van der Waals surface area contributed by atoms with Gasteiger partial charge in [-0.05, 0) is 19.8 Å². The van der Waals surface area contributed by atoms with Crippen molar-refractivity contribution in [1.29, 1.82) is 0 Å². The van der Waals surface area contributed by atoms with Gasteiger partial charge in [0, 0.05) is 12.3 Å². The molecule has 1 saturated carbocycles. The first-order valence-corrected chi connectivity index (χ1v) is 5.05. The minimum absolute atomic E-state index is 0.197. The Morgan fingerprint density at radius 3 is 2.67 bits per heavy atom. The Kier molecular flexibility index (Phi) is 2.13. The molecule has 2 fully saturated rings. The van der Waals surface area contributed by atoms with Crippen LogP contribution in [0.1, 0.15) is 39.5 Å². The maximum Gasteiger partial charge on any atom is 0.171 e. The van der Waals surface area contributed by atoms with Gasteiger partial charge in [0.1, 0.15) is 0 Å². The van der Waals surface area contributed by atoms with E-state index in [2.05, 4.69) is 13.8 Å². The van der Waals surface area contributed by atoms with Gasteiger partial charge >= 0.3 is 0 Å². The fourth-order valence-corrected chi connectivity index (χ4v) is 2.34. The molecule has 2 rings (SSSR count). The van der Waals surface area contributed by atoms with E-state index in [0.29, 0.717) is 12.0 Å². The van der Waals surface area contributed by atoms with E-state index in [1.165, 1.54) is 19.3 Å². The van der Waals surface area contributed by atoms with E-state index >= 15 is 0 Å². The SMILES string of the molecule is C[C@H]1CO[C@@]2(CCCC[C@@H]2C)O1. The molecule has 12 heavy (non-hydrogen) atoms. The molecule has 0 radical (unpaired) electrons. The Labute approximate surface area is 74.2 Å². The van der Waals surface area contributed by atoms with Gasteiger partial charge < -0.3 is 9.47 Å². The summed E-state index contributed by atoms with van der Waals surface area (Å²) in [5.41, 5.74) is 0. The molecule has 0 aromatic heterocycles. The van der Waals surface area contributed by atoms with Gasteiger partial charge in [0.15, 0.2) is 5.79 Å². The lowest BCUT2D eigenvalue weighted by molar-refractivity contribution is -0.215. The minimum atomic E-state index is -0.197. The zero-order chi connectivity index (χ0) is 8.60. The minimum Gasteiger partial charge on any atom is -0.347 e. The van der Waals surface area contributed by atoms with Gasteiger partial charge in [-0.3, -0.25) is 0 Å². The highest BCUT2D eigenvalue weighted by molar-refractivity contribution is 4.85. The highest BCUT2D eigenvalue weighted by Gasteiger charge is 2.45. The molecule has 70 valence electrons. The smallest absolute Gasteiger partial charge is 0.171 e. The van der Waals surface area contributed by atoms with Crippen LogP contribution in [-0.4, -0.2) is 18.5 Å². The molecule has 3 atom stereocenters. The van der Waals surface area contributed by atoms with Crippen molar-refractivity contribution in [3.05, 3.63) is 0 Å². The van der Waals surface area contributed by atoms with Crippen molar-refractivity contribution >= 4 is 0 Å². The second kappa shape index (κ2) is 3.00. The second-order valence-corrected chi connectivity index (χ2v) is 4.20. The molecule has 1 aliphatic carbocycles. The monoisotopic (exact) mass is 170 g/mol.